The molecule has 0 saturated heterocycles. The minimum Gasteiger partial charge on any atom is -0.497 e. The second kappa shape index (κ2) is 6.98. The van der Waals surface area contributed by atoms with Crippen molar-refractivity contribution in [3.8, 4) is 11.5 Å². The molecule has 0 bridgehead atoms. The maximum absolute atomic E-state index is 12.2. The highest BCUT2D eigenvalue weighted by atomic mass is 16.5. The zero-order valence-electron chi connectivity index (χ0n) is 13.3. The van der Waals surface area contributed by atoms with Crippen LogP contribution in [0, 0.1) is 6.92 Å². The highest BCUT2D eigenvalue weighted by molar-refractivity contribution is 5.76. The fourth-order valence-corrected chi connectivity index (χ4v) is 2.24. The molecule has 0 fully saturated rings. The molecule has 1 atom stereocenters. The van der Waals surface area contributed by atoms with Crippen LogP contribution in [0.5, 0.6) is 11.5 Å². The van der Waals surface area contributed by atoms with Gasteiger partial charge in [-0.15, -0.1) is 0 Å². The minimum atomic E-state index is -0.201. The number of hydrogen-bond donors (Lipinski definition) is 1. The van der Waals surface area contributed by atoms with E-state index < -0.39 is 0 Å². The molecule has 1 aromatic carbocycles. The first-order valence-corrected chi connectivity index (χ1v) is 7.05. The van der Waals surface area contributed by atoms with Crippen molar-refractivity contribution in [2.75, 3.05) is 14.2 Å². The number of hydrogen-bond acceptors (Lipinski definition) is 4. The van der Waals surface area contributed by atoms with Gasteiger partial charge in [-0.1, -0.05) is 0 Å². The number of benzene rings is 1. The van der Waals surface area contributed by atoms with Crippen LogP contribution in [0.1, 0.15) is 24.2 Å². The lowest BCUT2D eigenvalue weighted by Gasteiger charge is -2.18. The molecule has 0 aliphatic rings. The molecule has 1 unspecified atom stereocenters. The van der Waals surface area contributed by atoms with Gasteiger partial charge in [0.25, 0.3) is 0 Å². The molecule has 2 aromatic rings. The van der Waals surface area contributed by atoms with E-state index in [2.05, 4.69) is 10.4 Å². The zero-order chi connectivity index (χ0) is 16.1. The average molecular weight is 303 g/mol. The maximum atomic E-state index is 12.2. The summed E-state index contributed by atoms with van der Waals surface area (Å²) in [5.41, 5.74) is 1.81. The first kappa shape index (κ1) is 15.9. The Morgan fingerprint density at radius 2 is 2.09 bits per heavy atom. The molecule has 1 N–H and O–H groups in total. The number of methoxy groups -OCH3 is 2. The second-order valence-electron chi connectivity index (χ2n) is 5.03. The molecule has 1 aromatic heterocycles. The molecule has 22 heavy (non-hydrogen) atoms. The number of aromatic nitrogens is 2. The van der Waals surface area contributed by atoms with E-state index in [1.165, 1.54) is 0 Å². The van der Waals surface area contributed by atoms with E-state index >= 15 is 0 Å². The Bertz CT molecular complexity index is 652. The van der Waals surface area contributed by atoms with Gasteiger partial charge in [-0.25, -0.2) is 0 Å². The Balaban J connectivity index is 2.09. The molecule has 118 valence electrons. The van der Waals surface area contributed by atoms with Crippen molar-refractivity contribution in [1.29, 1.82) is 0 Å². The number of carbonyl (C=O) groups excluding carboxylic acids is 1. The third-order valence-electron chi connectivity index (χ3n) is 3.50. The molecular formula is C16H21N3O3. The van der Waals surface area contributed by atoms with Crippen LogP contribution in [0.3, 0.4) is 0 Å². The molecular weight excluding hydrogens is 282 g/mol. The number of carbonyl (C=O) groups is 1. The Labute approximate surface area is 130 Å². The summed E-state index contributed by atoms with van der Waals surface area (Å²) in [5.74, 6) is 1.33. The summed E-state index contributed by atoms with van der Waals surface area (Å²) >= 11 is 0. The van der Waals surface area contributed by atoms with E-state index in [4.69, 9.17) is 9.47 Å². The van der Waals surface area contributed by atoms with Crippen molar-refractivity contribution in [2.24, 2.45) is 0 Å². The van der Waals surface area contributed by atoms with Crippen LogP contribution in [-0.4, -0.2) is 29.9 Å². The summed E-state index contributed by atoms with van der Waals surface area (Å²) in [7, 11) is 3.21. The van der Waals surface area contributed by atoms with Crippen molar-refractivity contribution in [3.05, 3.63) is 41.7 Å². The Hall–Kier alpha value is -2.50. The Kier molecular flexibility index (Phi) is 5.04. The topological polar surface area (TPSA) is 65.4 Å². The lowest BCUT2D eigenvalue weighted by atomic mass is 10.1. The van der Waals surface area contributed by atoms with Gasteiger partial charge < -0.3 is 14.8 Å². The fraction of sp³-hybridized carbons (Fsp3) is 0.375. The van der Waals surface area contributed by atoms with E-state index in [9.17, 15) is 4.79 Å². The van der Waals surface area contributed by atoms with Gasteiger partial charge in [0.1, 0.15) is 18.0 Å². The summed E-state index contributed by atoms with van der Waals surface area (Å²) in [5, 5.41) is 7.06. The largest absolute Gasteiger partial charge is 0.497 e. The first-order chi connectivity index (χ1) is 10.5. The number of rotatable bonds is 6. The molecule has 0 spiro atoms. The lowest BCUT2D eigenvalue weighted by Crippen LogP contribution is -2.31. The summed E-state index contributed by atoms with van der Waals surface area (Å²) in [6.45, 7) is 4.01. The number of nitrogens with one attached hydrogen (secondary N) is 1. The van der Waals surface area contributed by atoms with E-state index in [1.54, 1.807) is 25.1 Å². The first-order valence-electron chi connectivity index (χ1n) is 7.05. The summed E-state index contributed by atoms with van der Waals surface area (Å²) in [6, 6.07) is 7.18. The number of nitrogens with zero attached hydrogens (tertiary/aromatic N) is 2. The quantitative estimate of drug-likeness (QED) is 0.887. The van der Waals surface area contributed by atoms with Crippen molar-refractivity contribution in [2.45, 2.75) is 26.4 Å². The summed E-state index contributed by atoms with van der Waals surface area (Å²) in [4.78, 5) is 12.2. The molecule has 0 aliphatic heterocycles. The van der Waals surface area contributed by atoms with E-state index in [0.717, 1.165) is 17.0 Å². The number of aryl methyl sites for hydroxylation is 1. The second-order valence-corrected chi connectivity index (χ2v) is 5.03. The summed E-state index contributed by atoms with van der Waals surface area (Å²) < 4.78 is 12.2. The number of amides is 1. The predicted molar refractivity (Wildman–Crippen MR) is 83.1 cm³/mol. The van der Waals surface area contributed by atoms with Crippen LogP contribution >= 0.6 is 0 Å². The van der Waals surface area contributed by atoms with Gasteiger partial charge in [0.15, 0.2) is 0 Å². The van der Waals surface area contributed by atoms with Gasteiger partial charge in [-0.2, -0.15) is 5.10 Å². The molecule has 0 radical (unpaired) electrons. The third-order valence-corrected chi connectivity index (χ3v) is 3.50. The van der Waals surface area contributed by atoms with Crippen LogP contribution in [-0.2, 0) is 11.3 Å². The van der Waals surface area contributed by atoms with Gasteiger partial charge in [0.2, 0.25) is 5.91 Å². The Morgan fingerprint density at radius 3 is 2.68 bits per heavy atom. The minimum absolute atomic E-state index is 0.107. The zero-order valence-corrected chi connectivity index (χ0v) is 13.3. The van der Waals surface area contributed by atoms with Crippen molar-refractivity contribution < 1.29 is 14.3 Å². The lowest BCUT2D eigenvalue weighted by molar-refractivity contribution is -0.122. The maximum Gasteiger partial charge on any atom is 0.242 e. The molecule has 6 heteroatoms. The van der Waals surface area contributed by atoms with Gasteiger partial charge in [0, 0.05) is 17.5 Å². The van der Waals surface area contributed by atoms with Crippen LogP contribution in [0.4, 0.5) is 0 Å². The van der Waals surface area contributed by atoms with Crippen molar-refractivity contribution in [3.63, 3.8) is 0 Å². The van der Waals surface area contributed by atoms with Crippen LogP contribution < -0.4 is 14.8 Å². The van der Waals surface area contributed by atoms with E-state index in [-0.39, 0.29) is 18.5 Å². The van der Waals surface area contributed by atoms with Crippen LogP contribution in [0.15, 0.2) is 30.5 Å². The van der Waals surface area contributed by atoms with Crippen LogP contribution in [0.2, 0.25) is 0 Å². The molecule has 0 aliphatic carbocycles. The third kappa shape index (κ3) is 3.58. The van der Waals surface area contributed by atoms with E-state index in [1.807, 2.05) is 38.1 Å². The van der Waals surface area contributed by atoms with Crippen LogP contribution in [0.25, 0.3) is 0 Å². The molecule has 0 saturated carbocycles. The summed E-state index contributed by atoms with van der Waals surface area (Å²) in [6.07, 6.45) is 1.68. The van der Waals surface area contributed by atoms with Crippen molar-refractivity contribution >= 4 is 5.91 Å². The predicted octanol–water partition coefficient (Wildman–Crippen LogP) is 2.09. The highest BCUT2D eigenvalue weighted by Crippen LogP contribution is 2.29. The van der Waals surface area contributed by atoms with Gasteiger partial charge in [-0.3, -0.25) is 9.48 Å². The monoisotopic (exact) mass is 303 g/mol. The SMILES string of the molecule is COc1ccc(OC)c(C(C)NC(=O)Cn2nccc2C)c1. The van der Waals surface area contributed by atoms with Crippen molar-refractivity contribution in [1.82, 2.24) is 15.1 Å². The average Bonchev–Trinajstić information content (AvgIpc) is 2.91. The highest BCUT2D eigenvalue weighted by Gasteiger charge is 2.16. The molecule has 2 rings (SSSR count). The number of ether oxygens (including phenoxy) is 2. The van der Waals surface area contributed by atoms with E-state index in [0.29, 0.717) is 5.75 Å². The van der Waals surface area contributed by atoms with Gasteiger partial charge >= 0.3 is 0 Å². The fourth-order valence-electron chi connectivity index (χ4n) is 2.24. The molecule has 1 heterocycles. The van der Waals surface area contributed by atoms with Gasteiger partial charge in [-0.05, 0) is 38.1 Å². The van der Waals surface area contributed by atoms with Gasteiger partial charge in [0.05, 0.1) is 20.3 Å². The Morgan fingerprint density at radius 1 is 1.32 bits per heavy atom. The normalized spacial score (nSPS) is 11.8. The smallest absolute Gasteiger partial charge is 0.242 e. The standard InChI is InChI=1S/C16H21N3O3/c1-11-7-8-17-19(11)10-16(20)18-12(2)14-9-13(21-3)5-6-15(14)22-4/h5-9,12H,10H2,1-4H3,(H,18,20). The molecule has 6 nitrogen and oxygen atoms in total. The molecule has 1 amide bonds.